The number of rotatable bonds is 8. The molecule has 0 fully saturated rings. The lowest BCUT2D eigenvalue weighted by Crippen LogP contribution is -2.40. The molecule has 0 aliphatic heterocycles. The second kappa shape index (κ2) is 9.29. The Morgan fingerprint density at radius 3 is 2.91 bits per heavy atom. The molecule has 0 spiro atoms. The van der Waals surface area contributed by atoms with Gasteiger partial charge in [0.25, 0.3) is 0 Å². The van der Waals surface area contributed by atoms with Crippen LogP contribution in [0.25, 0.3) is 0 Å². The third-order valence-electron chi connectivity index (χ3n) is 3.34. The smallest absolute Gasteiger partial charge is 0.191 e. The fourth-order valence-corrected chi connectivity index (χ4v) is 2.92. The van der Waals surface area contributed by atoms with E-state index in [9.17, 15) is 0 Å². The lowest BCUT2D eigenvalue weighted by atomic mass is 10.2. The number of thiazole rings is 1. The Balaban J connectivity index is 1.83. The van der Waals surface area contributed by atoms with Gasteiger partial charge in [0.2, 0.25) is 0 Å². The van der Waals surface area contributed by atoms with Crippen molar-refractivity contribution in [1.29, 1.82) is 0 Å². The highest BCUT2D eigenvalue weighted by Gasteiger charge is 2.06. The summed E-state index contributed by atoms with van der Waals surface area (Å²) >= 11 is 1.73. The van der Waals surface area contributed by atoms with Gasteiger partial charge in [0.05, 0.1) is 6.54 Å². The van der Waals surface area contributed by atoms with Crippen LogP contribution in [0.2, 0.25) is 0 Å². The van der Waals surface area contributed by atoms with Gasteiger partial charge in [-0.1, -0.05) is 13.8 Å². The topological polar surface area (TPSA) is 67.1 Å². The summed E-state index contributed by atoms with van der Waals surface area (Å²) < 4.78 is 1.96. The summed E-state index contributed by atoms with van der Waals surface area (Å²) in [4.78, 5) is 10.3. The van der Waals surface area contributed by atoms with Crippen LogP contribution < -0.4 is 10.6 Å². The lowest BCUT2D eigenvalue weighted by Gasteiger charge is -2.15. The zero-order valence-electron chi connectivity index (χ0n) is 14.1. The zero-order valence-corrected chi connectivity index (χ0v) is 14.9. The first-order chi connectivity index (χ1) is 11.2. The van der Waals surface area contributed by atoms with Crippen LogP contribution in [0.5, 0.6) is 0 Å². The molecule has 126 valence electrons. The van der Waals surface area contributed by atoms with E-state index in [2.05, 4.69) is 46.5 Å². The molecule has 2 rings (SSSR count). The van der Waals surface area contributed by atoms with E-state index in [0.29, 0.717) is 12.5 Å². The minimum absolute atomic E-state index is 0.463. The molecule has 0 aliphatic carbocycles. The summed E-state index contributed by atoms with van der Waals surface area (Å²) in [6.07, 6.45) is 6.78. The van der Waals surface area contributed by atoms with Gasteiger partial charge < -0.3 is 10.6 Å². The van der Waals surface area contributed by atoms with Crippen molar-refractivity contribution >= 4 is 17.3 Å². The van der Waals surface area contributed by atoms with Gasteiger partial charge in [-0.05, 0) is 25.3 Å². The molecule has 0 radical (unpaired) electrons. The van der Waals surface area contributed by atoms with Gasteiger partial charge >= 0.3 is 0 Å². The van der Waals surface area contributed by atoms with Gasteiger partial charge in [-0.25, -0.2) is 9.98 Å². The Labute approximate surface area is 142 Å². The first kappa shape index (κ1) is 17.5. The predicted molar refractivity (Wildman–Crippen MR) is 95.7 cm³/mol. The molecule has 0 amide bonds. The molecule has 2 heterocycles. The number of aromatic nitrogens is 3. The van der Waals surface area contributed by atoms with E-state index < -0.39 is 0 Å². The lowest BCUT2D eigenvalue weighted by molar-refractivity contribution is 0.443. The third kappa shape index (κ3) is 6.02. The molecule has 2 N–H and O–H groups in total. The summed E-state index contributed by atoms with van der Waals surface area (Å²) in [5.74, 6) is 1.30. The quantitative estimate of drug-likeness (QED) is 0.574. The predicted octanol–water partition coefficient (Wildman–Crippen LogP) is 2.29. The summed E-state index contributed by atoms with van der Waals surface area (Å²) in [5.41, 5.74) is 0. The van der Waals surface area contributed by atoms with Gasteiger partial charge in [0.15, 0.2) is 5.96 Å². The van der Waals surface area contributed by atoms with Gasteiger partial charge in [0.1, 0.15) is 5.01 Å². The average Bonchev–Trinajstić information content (AvgIpc) is 3.21. The molecule has 2 aromatic rings. The maximum atomic E-state index is 4.62. The Hall–Kier alpha value is -1.89. The first-order valence-electron chi connectivity index (χ1n) is 8.14. The van der Waals surface area contributed by atoms with E-state index in [4.69, 9.17) is 0 Å². The maximum absolute atomic E-state index is 4.62. The second-order valence-electron chi connectivity index (χ2n) is 5.48. The molecule has 0 aromatic carbocycles. The molecule has 2 aromatic heterocycles. The molecule has 1 unspecified atom stereocenters. The van der Waals surface area contributed by atoms with Crippen molar-refractivity contribution in [2.75, 3.05) is 13.1 Å². The van der Waals surface area contributed by atoms with Crippen LogP contribution in [-0.4, -0.2) is 33.8 Å². The Morgan fingerprint density at radius 2 is 2.26 bits per heavy atom. The van der Waals surface area contributed by atoms with E-state index in [1.807, 2.05) is 29.3 Å². The van der Waals surface area contributed by atoms with Crippen LogP contribution in [0.3, 0.4) is 0 Å². The minimum atomic E-state index is 0.463. The van der Waals surface area contributed by atoms with E-state index in [1.54, 1.807) is 11.3 Å². The van der Waals surface area contributed by atoms with Crippen LogP contribution in [0, 0.1) is 5.92 Å². The normalized spacial score (nSPS) is 13.1. The van der Waals surface area contributed by atoms with E-state index in [1.165, 1.54) is 4.88 Å². The summed E-state index contributed by atoms with van der Waals surface area (Å²) in [6.45, 7) is 9.63. The highest BCUT2D eigenvalue weighted by atomic mass is 32.1. The van der Waals surface area contributed by atoms with Crippen molar-refractivity contribution in [2.24, 2.45) is 10.9 Å². The standard InChI is InChI=1S/C16H26N6S/c1-4-14-10-18-15(23-14)11-20-16(17-5-2)19-9-13(3)12-22-8-6-7-21-22/h6-8,10,13H,4-5,9,11-12H2,1-3H3,(H2,17,19,20). The van der Waals surface area contributed by atoms with E-state index in [-0.39, 0.29) is 0 Å². The van der Waals surface area contributed by atoms with Gasteiger partial charge in [-0.15, -0.1) is 11.3 Å². The van der Waals surface area contributed by atoms with Crippen molar-refractivity contribution in [1.82, 2.24) is 25.4 Å². The van der Waals surface area contributed by atoms with Crippen LogP contribution in [0.1, 0.15) is 30.7 Å². The van der Waals surface area contributed by atoms with Crippen molar-refractivity contribution in [3.63, 3.8) is 0 Å². The summed E-state index contributed by atoms with van der Waals surface area (Å²) in [6, 6.07) is 1.95. The van der Waals surface area contributed by atoms with Gasteiger partial charge in [-0.3, -0.25) is 4.68 Å². The molecule has 1 atom stereocenters. The van der Waals surface area contributed by atoms with Crippen molar-refractivity contribution in [3.8, 4) is 0 Å². The fraction of sp³-hybridized carbons (Fsp3) is 0.562. The number of aryl methyl sites for hydroxylation is 1. The maximum Gasteiger partial charge on any atom is 0.191 e. The van der Waals surface area contributed by atoms with Gasteiger partial charge in [0, 0.05) is 43.1 Å². The van der Waals surface area contributed by atoms with Crippen LogP contribution in [0.15, 0.2) is 29.6 Å². The summed E-state index contributed by atoms with van der Waals surface area (Å²) in [7, 11) is 0. The van der Waals surface area contributed by atoms with E-state index in [0.717, 1.165) is 37.0 Å². The fourth-order valence-electron chi connectivity index (χ4n) is 2.14. The van der Waals surface area contributed by atoms with Crippen LogP contribution in [0.4, 0.5) is 0 Å². The summed E-state index contributed by atoms with van der Waals surface area (Å²) in [5, 5.41) is 12.0. The van der Waals surface area contributed by atoms with Crippen molar-refractivity contribution < 1.29 is 0 Å². The van der Waals surface area contributed by atoms with Crippen molar-refractivity contribution in [3.05, 3.63) is 34.5 Å². The SMILES string of the molecule is CCNC(=NCc1ncc(CC)s1)NCC(C)Cn1cccn1. The number of hydrogen-bond donors (Lipinski definition) is 2. The Morgan fingerprint density at radius 1 is 1.39 bits per heavy atom. The van der Waals surface area contributed by atoms with Crippen molar-refractivity contribution in [2.45, 2.75) is 40.3 Å². The third-order valence-corrected chi connectivity index (χ3v) is 4.47. The molecular formula is C16H26N6S. The first-order valence-corrected chi connectivity index (χ1v) is 8.96. The zero-order chi connectivity index (χ0) is 16.5. The molecule has 23 heavy (non-hydrogen) atoms. The number of aliphatic imine (C=N–C) groups is 1. The number of nitrogens with zero attached hydrogens (tertiary/aromatic N) is 4. The number of guanidine groups is 1. The Bertz CT molecular complexity index is 589. The monoisotopic (exact) mass is 334 g/mol. The second-order valence-corrected chi connectivity index (χ2v) is 6.68. The molecule has 0 bridgehead atoms. The van der Waals surface area contributed by atoms with E-state index >= 15 is 0 Å². The minimum Gasteiger partial charge on any atom is -0.357 e. The number of nitrogens with one attached hydrogen (secondary N) is 2. The molecule has 0 saturated carbocycles. The van der Waals surface area contributed by atoms with Crippen LogP contribution >= 0.6 is 11.3 Å². The molecule has 7 heteroatoms. The number of hydrogen-bond acceptors (Lipinski definition) is 4. The molecular weight excluding hydrogens is 308 g/mol. The van der Waals surface area contributed by atoms with Crippen LogP contribution in [-0.2, 0) is 19.5 Å². The average molecular weight is 334 g/mol. The highest BCUT2D eigenvalue weighted by molar-refractivity contribution is 7.11. The molecule has 6 nitrogen and oxygen atoms in total. The van der Waals surface area contributed by atoms with Gasteiger partial charge in [-0.2, -0.15) is 5.10 Å². The Kier molecular flexibility index (Phi) is 7.06. The molecule has 0 aliphatic rings. The highest BCUT2D eigenvalue weighted by Crippen LogP contribution is 2.13. The molecule has 0 saturated heterocycles. The largest absolute Gasteiger partial charge is 0.357 e.